The average molecular weight is 480 g/mol. The Morgan fingerprint density at radius 1 is 0.857 bits per heavy atom. The van der Waals surface area contributed by atoms with Crippen molar-refractivity contribution in [2.24, 2.45) is 11.7 Å². The van der Waals surface area contributed by atoms with E-state index in [1.54, 1.807) is 0 Å². The summed E-state index contributed by atoms with van der Waals surface area (Å²) in [6, 6.07) is 19.4. The number of anilines is 1. The number of nitrogens with one attached hydrogen (secondary N) is 1. The van der Waals surface area contributed by atoms with Gasteiger partial charge in [0.1, 0.15) is 0 Å². The summed E-state index contributed by atoms with van der Waals surface area (Å²) in [7, 11) is 0. The van der Waals surface area contributed by atoms with Gasteiger partial charge in [-0.25, -0.2) is 0 Å². The SMILES string of the molecule is C[C@H]([C@H](O)c1ccc(NCCCCCCCCCCN)cc1)N1CCC(Cc2ccccc2)CC1. The standard InChI is InChI=1S/C31H49N3O/c1-26(34-23-19-28(20-24-34)25-27-13-9-8-10-14-27)31(35)29-15-17-30(18-16-29)33-22-12-7-5-3-2-4-6-11-21-32/h8-10,13-18,26,28,31,33,35H,2-7,11-12,19-25,32H2,1H3/t26-,31+/m1/s1. The van der Waals surface area contributed by atoms with Crippen LogP contribution in [0.5, 0.6) is 0 Å². The first-order valence-corrected chi connectivity index (χ1v) is 14.2. The van der Waals surface area contributed by atoms with Crippen LogP contribution in [0.4, 0.5) is 5.69 Å². The second-order valence-electron chi connectivity index (χ2n) is 10.5. The molecule has 1 heterocycles. The van der Waals surface area contributed by atoms with Gasteiger partial charge in [0, 0.05) is 18.3 Å². The number of nitrogens with zero attached hydrogens (tertiary/aromatic N) is 1. The molecule has 0 amide bonds. The van der Waals surface area contributed by atoms with Crippen molar-refractivity contribution in [3.63, 3.8) is 0 Å². The number of benzene rings is 2. The van der Waals surface area contributed by atoms with Crippen LogP contribution < -0.4 is 11.1 Å². The van der Waals surface area contributed by atoms with E-state index in [0.29, 0.717) is 0 Å². The molecule has 0 unspecified atom stereocenters. The van der Waals surface area contributed by atoms with E-state index in [4.69, 9.17) is 5.73 Å². The first-order valence-electron chi connectivity index (χ1n) is 14.2. The molecule has 1 aliphatic heterocycles. The third-order valence-electron chi connectivity index (χ3n) is 7.76. The highest BCUT2D eigenvalue weighted by molar-refractivity contribution is 5.45. The van der Waals surface area contributed by atoms with E-state index in [-0.39, 0.29) is 6.04 Å². The monoisotopic (exact) mass is 479 g/mol. The fourth-order valence-corrected chi connectivity index (χ4v) is 5.35. The van der Waals surface area contributed by atoms with Crippen molar-refractivity contribution >= 4 is 5.69 Å². The second-order valence-corrected chi connectivity index (χ2v) is 10.5. The second kappa shape index (κ2) is 16.0. The van der Waals surface area contributed by atoms with Gasteiger partial charge in [0.25, 0.3) is 0 Å². The highest BCUT2D eigenvalue weighted by atomic mass is 16.3. The molecule has 0 spiro atoms. The van der Waals surface area contributed by atoms with Crippen molar-refractivity contribution in [3.05, 3.63) is 65.7 Å². The molecule has 0 aliphatic carbocycles. The smallest absolute Gasteiger partial charge is 0.0942 e. The van der Waals surface area contributed by atoms with E-state index >= 15 is 0 Å². The molecule has 2 atom stereocenters. The Morgan fingerprint density at radius 2 is 1.46 bits per heavy atom. The fourth-order valence-electron chi connectivity index (χ4n) is 5.35. The van der Waals surface area contributed by atoms with Gasteiger partial charge in [0.05, 0.1) is 6.10 Å². The van der Waals surface area contributed by atoms with Crippen LogP contribution in [0.3, 0.4) is 0 Å². The predicted octanol–water partition coefficient (Wildman–Crippen LogP) is 6.55. The minimum atomic E-state index is -0.445. The van der Waals surface area contributed by atoms with E-state index in [1.807, 2.05) is 0 Å². The van der Waals surface area contributed by atoms with Gasteiger partial charge in [-0.3, -0.25) is 4.90 Å². The van der Waals surface area contributed by atoms with E-state index in [0.717, 1.165) is 43.3 Å². The summed E-state index contributed by atoms with van der Waals surface area (Å²) in [6.45, 7) is 6.17. The molecule has 2 aromatic rings. The lowest BCUT2D eigenvalue weighted by atomic mass is 9.89. The topological polar surface area (TPSA) is 61.5 Å². The molecule has 1 aliphatic rings. The summed E-state index contributed by atoms with van der Waals surface area (Å²) in [4.78, 5) is 2.47. The van der Waals surface area contributed by atoms with Crippen LogP contribution in [0.1, 0.15) is 88.4 Å². The number of nitrogens with two attached hydrogens (primary N) is 1. The van der Waals surface area contributed by atoms with Crippen LogP contribution in [0, 0.1) is 5.92 Å². The van der Waals surface area contributed by atoms with Crippen molar-refractivity contribution < 1.29 is 5.11 Å². The Hall–Kier alpha value is -1.88. The highest BCUT2D eigenvalue weighted by Gasteiger charge is 2.27. The third kappa shape index (κ3) is 9.95. The Balaban J connectivity index is 1.31. The lowest BCUT2D eigenvalue weighted by Crippen LogP contribution is -2.43. The zero-order chi connectivity index (χ0) is 24.7. The molecule has 1 fully saturated rings. The molecule has 1 saturated heterocycles. The molecule has 0 bridgehead atoms. The van der Waals surface area contributed by atoms with Gasteiger partial charge in [-0.1, -0.05) is 81.0 Å². The summed E-state index contributed by atoms with van der Waals surface area (Å²) in [6.07, 6.45) is 13.5. The maximum Gasteiger partial charge on any atom is 0.0942 e. The number of hydrogen-bond acceptors (Lipinski definition) is 4. The average Bonchev–Trinajstić information content (AvgIpc) is 2.90. The van der Waals surface area contributed by atoms with Gasteiger partial charge < -0.3 is 16.2 Å². The highest BCUT2D eigenvalue weighted by Crippen LogP contribution is 2.28. The number of hydrogen-bond donors (Lipinski definition) is 3. The van der Waals surface area contributed by atoms with Crippen LogP contribution in [0.2, 0.25) is 0 Å². The van der Waals surface area contributed by atoms with Gasteiger partial charge in [0.15, 0.2) is 0 Å². The van der Waals surface area contributed by atoms with Gasteiger partial charge >= 0.3 is 0 Å². The Kier molecular flexibility index (Phi) is 12.6. The summed E-state index contributed by atoms with van der Waals surface area (Å²) in [5, 5.41) is 14.6. The fraction of sp³-hybridized carbons (Fsp3) is 0.613. The number of aliphatic hydroxyl groups excluding tert-OH is 1. The lowest BCUT2D eigenvalue weighted by Gasteiger charge is -2.38. The maximum atomic E-state index is 11.0. The Labute approximate surface area is 214 Å². The minimum absolute atomic E-state index is 0.141. The number of unbranched alkanes of at least 4 members (excludes halogenated alkanes) is 7. The quantitative estimate of drug-likeness (QED) is 0.239. The van der Waals surface area contributed by atoms with Crippen molar-refractivity contribution in [1.82, 2.24) is 4.90 Å². The summed E-state index contributed by atoms with van der Waals surface area (Å²) >= 11 is 0. The third-order valence-corrected chi connectivity index (χ3v) is 7.76. The van der Waals surface area contributed by atoms with E-state index in [2.05, 4.69) is 71.7 Å². The van der Waals surface area contributed by atoms with Crippen LogP contribution in [-0.4, -0.2) is 42.2 Å². The van der Waals surface area contributed by atoms with Crippen LogP contribution in [0.25, 0.3) is 0 Å². The molecule has 0 radical (unpaired) electrons. The zero-order valence-electron chi connectivity index (χ0n) is 22.0. The number of aliphatic hydroxyl groups is 1. The molecule has 3 rings (SSSR count). The first-order chi connectivity index (χ1) is 17.2. The number of rotatable bonds is 16. The molecule has 2 aromatic carbocycles. The van der Waals surface area contributed by atoms with Gasteiger partial charge in [-0.15, -0.1) is 0 Å². The summed E-state index contributed by atoms with van der Waals surface area (Å²) in [5.41, 5.74) is 9.16. The molecule has 4 nitrogen and oxygen atoms in total. The first kappa shape index (κ1) is 27.7. The van der Waals surface area contributed by atoms with Gasteiger partial charge in [-0.2, -0.15) is 0 Å². The summed E-state index contributed by atoms with van der Waals surface area (Å²) in [5.74, 6) is 0.754. The molecular formula is C31H49N3O. The largest absolute Gasteiger partial charge is 0.387 e. The number of piperidine rings is 1. The van der Waals surface area contributed by atoms with E-state index < -0.39 is 6.10 Å². The normalized spacial score (nSPS) is 16.8. The molecule has 0 aromatic heterocycles. The zero-order valence-corrected chi connectivity index (χ0v) is 22.0. The minimum Gasteiger partial charge on any atom is -0.387 e. The molecular weight excluding hydrogens is 430 g/mol. The predicted molar refractivity (Wildman–Crippen MR) is 150 cm³/mol. The van der Waals surface area contributed by atoms with Gasteiger partial charge in [0.2, 0.25) is 0 Å². The Morgan fingerprint density at radius 3 is 2.09 bits per heavy atom. The van der Waals surface area contributed by atoms with Crippen LogP contribution in [-0.2, 0) is 6.42 Å². The molecule has 4 N–H and O–H groups in total. The van der Waals surface area contributed by atoms with Crippen molar-refractivity contribution in [2.75, 3.05) is 31.5 Å². The lowest BCUT2D eigenvalue weighted by molar-refractivity contribution is 0.0373. The van der Waals surface area contributed by atoms with Crippen LogP contribution in [0.15, 0.2) is 54.6 Å². The number of likely N-dealkylation sites (tertiary alicyclic amines) is 1. The van der Waals surface area contributed by atoms with Crippen molar-refractivity contribution in [2.45, 2.75) is 89.7 Å². The molecule has 194 valence electrons. The van der Waals surface area contributed by atoms with E-state index in [1.165, 1.54) is 76.2 Å². The maximum absolute atomic E-state index is 11.0. The molecule has 35 heavy (non-hydrogen) atoms. The van der Waals surface area contributed by atoms with Crippen molar-refractivity contribution in [1.29, 1.82) is 0 Å². The summed E-state index contributed by atoms with van der Waals surface area (Å²) < 4.78 is 0. The molecule has 4 heteroatoms. The van der Waals surface area contributed by atoms with E-state index in [9.17, 15) is 5.11 Å². The van der Waals surface area contributed by atoms with Crippen molar-refractivity contribution in [3.8, 4) is 0 Å². The van der Waals surface area contributed by atoms with Gasteiger partial charge in [-0.05, 0) is 87.8 Å². The Bertz CT molecular complexity index is 787. The molecule has 0 saturated carbocycles. The van der Waals surface area contributed by atoms with Crippen LogP contribution >= 0.6 is 0 Å².